The Hall–Kier alpha value is -3.61. The van der Waals surface area contributed by atoms with Crippen LogP contribution < -0.4 is 16.0 Å². The maximum Gasteiger partial charge on any atom is 0.407 e. The molecule has 3 aromatic rings. The van der Waals surface area contributed by atoms with Crippen LogP contribution in [0.25, 0.3) is 10.9 Å². The van der Waals surface area contributed by atoms with Crippen molar-refractivity contribution in [2.45, 2.75) is 39.2 Å². The Labute approximate surface area is 188 Å². The number of carbonyl (C=O) groups is 2. The maximum absolute atomic E-state index is 12.7. The first-order valence-electron chi connectivity index (χ1n) is 10.8. The highest BCUT2D eigenvalue weighted by atomic mass is 16.6. The van der Waals surface area contributed by atoms with Crippen LogP contribution in [0.1, 0.15) is 44.0 Å². The summed E-state index contributed by atoms with van der Waals surface area (Å²) in [6.45, 7) is 6.72. The summed E-state index contributed by atoms with van der Waals surface area (Å²) in [5.74, 6) is -0.188. The monoisotopic (exact) mass is 434 g/mol. The van der Waals surface area contributed by atoms with Gasteiger partial charge in [0, 0.05) is 24.0 Å². The van der Waals surface area contributed by atoms with Gasteiger partial charge in [0.1, 0.15) is 5.60 Å². The number of hydrogen-bond acceptors (Lipinski definition) is 5. The van der Waals surface area contributed by atoms with Gasteiger partial charge in [-0.25, -0.2) is 4.79 Å². The molecule has 1 aromatic heterocycles. The molecule has 2 amide bonds. The first-order chi connectivity index (χ1) is 15.3. The number of anilines is 2. The van der Waals surface area contributed by atoms with Crippen LogP contribution in [-0.2, 0) is 4.74 Å². The van der Waals surface area contributed by atoms with Gasteiger partial charge in [-0.1, -0.05) is 36.4 Å². The summed E-state index contributed by atoms with van der Waals surface area (Å²) in [4.78, 5) is 28.9. The second kappa shape index (κ2) is 10.6. The molecule has 32 heavy (non-hydrogen) atoms. The van der Waals surface area contributed by atoms with Crippen molar-refractivity contribution in [1.29, 1.82) is 0 Å². The predicted octanol–water partition coefficient (Wildman–Crippen LogP) is 5.20. The highest BCUT2D eigenvalue weighted by molar-refractivity contribution is 6.09. The number of fused-ring (bicyclic) bond motifs is 1. The van der Waals surface area contributed by atoms with E-state index in [1.807, 2.05) is 63.2 Å². The van der Waals surface area contributed by atoms with Gasteiger partial charge in [0.2, 0.25) is 0 Å². The van der Waals surface area contributed by atoms with E-state index in [2.05, 4.69) is 20.9 Å². The average molecular weight is 435 g/mol. The number of carbonyl (C=O) groups excluding carboxylic acids is 2. The van der Waals surface area contributed by atoms with E-state index in [1.165, 1.54) is 0 Å². The number of para-hydroxylation sites is 1. The number of nitrogens with zero attached hydrogens (tertiary/aromatic N) is 1. The summed E-state index contributed by atoms with van der Waals surface area (Å²) in [6, 6.07) is 16.9. The van der Waals surface area contributed by atoms with Crippen molar-refractivity contribution in [3.05, 3.63) is 66.4 Å². The maximum atomic E-state index is 12.7. The van der Waals surface area contributed by atoms with Crippen LogP contribution in [0.15, 0.2) is 60.8 Å². The Kier molecular flexibility index (Phi) is 7.65. The quantitative estimate of drug-likeness (QED) is 0.424. The van der Waals surface area contributed by atoms with Crippen LogP contribution in [0.5, 0.6) is 0 Å². The van der Waals surface area contributed by atoms with E-state index in [0.717, 1.165) is 29.4 Å². The molecule has 0 aliphatic carbocycles. The summed E-state index contributed by atoms with van der Waals surface area (Å²) in [5.41, 5.74) is 2.39. The van der Waals surface area contributed by atoms with E-state index in [4.69, 9.17) is 4.74 Å². The molecule has 0 saturated carbocycles. The van der Waals surface area contributed by atoms with E-state index < -0.39 is 11.7 Å². The molecule has 0 fully saturated rings. The van der Waals surface area contributed by atoms with E-state index >= 15 is 0 Å². The van der Waals surface area contributed by atoms with Crippen molar-refractivity contribution < 1.29 is 14.3 Å². The third-order valence-electron chi connectivity index (χ3n) is 4.63. The van der Waals surface area contributed by atoms with E-state index in [0.29, 0.717) is 24.3 Å². The molecular weight excluding hydrogens is 404 g/mol. The van der Waals surface area contributed by atoms with Crippen molar-refractivity contribution >= 4 is 34.3 Å². The van der Waals surface area contributed by atoms with Crippen LogP contribution in [0, 0.1) is 0 Å². The number of unbranched alkanes of at least 4 members (excludes halogenated alkanes) is 1. The van der Waals surface area contributed by atoms with Crippen LogP contribution >= 0.6 is 0 Å². The minimum absolute atomic E-state index is 0.188. The molecule has 7 heteroatoms. The number of hydrogen-bond donors (Lipinski definition) is 3. The number of aromatic nitrogens is 1. The number of nitrogens with one attached hydrogen (secondary N) is 3. The number of ether oxygens (including phenoxy) is 1. The van der Waals surface area contributed by atoms with Crippen molar-refractivity contribution in [3.63, 3.8) is 0 Å². The number of amides is 2. The van der Waals surface area contributed by atoms with E-state index in [1.54, 1.807) is 18.3 Å². The first kappa shape index (κ1) is 23.1. The lowest BCUT2D eigenvalue weighted by atomic mass is 10.1. The molecule has 0 bridgehead atoms. The number of alkyl carbamates (subject to hydrolysis) is 1. The third-order valence-corrected chi connectivity index (χ3v) is 4.63. The largest absolute Gasteiger partial charge is 0.444 e. The molecular formula is C25H30N4O3. The Balaban J connectivity index is 1.61. The minimum atomic E-state index is -0.505. The van der Waals surface area contributed by atoms with Gasteiger partial charge in [-0.15, -0.1) is 0 Å². The highest BCUT2D eigenvalue weighted by Crippen LogP contribution is 2.30. The summed E-state index contributed by atoms with van der Waals surface area (Å²) in [7, 11) is 0. The zero-order chi connectivity index (χ0) is 23.0. The van der Waals surface area contributed by atoms with Crippen molar-refractivity contribution in [2.75, 3.05) is 23.7 Å². The second-order valence-corrected chi connectivity index (χ2v) is 8.45. The van der Waals surface area contributed by atoms with Gasteiger partial charge in [-0.05, 0) is 51.8 Å². The van der Waals surface area contributed by atoms with Crippen LogP contribution in [0.2, 0.25) is 0 Å². The number of benzene rings is 2. The lowest BCUT2D eigenvalue weighted by molar-refractivity contribution is 0.0527. The smallest absolute Gasteiger partial charge is 0.407 e. The van der Waals surface area contributed by atoms with Gasteiger partial charge < -0.3 is 20.7 Å². The minimum Gasteiger partial charge on any atom is -0.444 e. The van der Waals surface area contributed by atoms with Crippen LogP contribution in [-0.4, -0.2) is 35.7 Å². The normalized spacial score (nSPS) is 11.1. The van der Waals surface area contributed by atoms with Crippen LogP contribution in [0.4, 0.5) is 16.2 Å². The predicted molar refractivity (Wildman–Crippen MR) is 128 cm³/mol. The standard InChI is InChI=1S/C25H30N4O3/c1-25(2,3)32-24(31)27-16-10-9-15-26-22-19-13-7-8-14-20(19)28-17-21(22)29-23(30)18-11-5-4-6-12-18/h4-8,11-14,17H,9-10,15-16H2,1-3H3,(H,26,28)(H,27,31)(H,29,30). The molecule has 7 nitrogen and oxygen atoms in total. The Bertz CT molecular complexity index is 1060. The molecule has 3 rings (SSSR count). The summed E-state index contributed by atoms with van der Waals surface area (Å²) < 4.78 is 5.24. The topological polar surface area (TPSA) is 92.4 Å². The molecule has 1 heterocycles. The zero-order valence-electron chi connectivity index (χ0n) is 18.8. The fraction of sp³-hybridized carbons (Fsp3) is 0.320. The summed E-state index contributed by atoms with van der Waals surface area (Å²) in [5, 5.41) is 10.1. The fourth-order valence-corrected chi connectivity index (χ4v) is 3.18. The molecule has 0 radical (unpaired) electrons. The summed E-state index contributed by atoms with van der Waals surface area (Å²) in [6.07, 6.45) is 2.89. The Morgan fingerprint density at radius 1 is 0.938 bits per heavy atom. The Morgan fingerprint density at radius 2 is 1.62 bits per heavy atom. The Morgan fingerprint density at radius 3 is 2.38 bits per heavy atom. The van der Waals surface area contributed by atoms with Gasteiger partial charge in [-0.2, -0.15) is 0 Å². The van der Waals surface area contributed by atoms with E-state index in [9.17, 15) is 9.59 Å². The van der Waals surface area contributed by atoms with Gasteiger partial charge >= 0.3 is 6.09 Å². The lowest BCUT2D eigenvalue weighted by Crippen LogP contribution is -2.33. The number of rotatable bonds is 8. The SMILES string of the molecule is CC(C)(C)OC(=O)NCCCCNc1c(NC(=O)c2ccccc2)cnc2ccccc12. The van der Waals surface area contributed by atoms with Gasteiger partial charge in [0.15, 0.2) is 0 Å². The molecule has 0 saturated heterocycles. The average Bonchev–Trinajstić information content (AvgIpc) is 2.76. The zero-order valence-corrected chi connectivity index (χ0v) is 18.8. The van der Waals surface area contributed by atoms with Crippen LogP contribution in [0.3, 0.4) is 0 Å². The molecule has 0 atom stereocenters. The van der Waals surface area contributed by atoms with Gasteiger partial charge in [0.25, 0.3) is 5.91 Å². The first-order valence-corrected chi connectivity index (χ1v) is 10.8. The van der Waals surface area contributed by atoms with Crippen molar-refractivity contribution in [1.82, 2.24) is 10.3 Å². The van der Waals surface area contributed by atoms with E-state index in [-0.39, 0.29) is 5.91 Å². The molecule has 0 aliphatic heterocycles. The molecule has 0 unspecified atom stereocenters. The fourth-order valence-electron chi connectivity index (χ4n) is 3.18. The van der Waals surface area contributed by atoms with Crippen molar-refractivity contribution in [2.24, 2.45) is 0 Å². The molecule has 3 N–H and O–H groups in total. The van der Waals surface area contributed by atoms with Gasteiger partial charge in [-0.3, -0.25) is 9.78 Å². The number of pyridine rings is 1. The molecule has 168 valence electrons. The summed E-state index contributed by atoms with van der Waals surface area (Å²) >= 11 is 0. The molecule has 2 aromatic carbocycles. The lowest BCUT2D eigenvalue weighted by Gasteiger charge is -2.19. The second-order valence-electron chi connectivity index (χ2n) is 8.45. The van der Waals surface area contributed by atoms with Crippen molar-refractivity contribution in [3.8, 4) is 0 Å². The third kappa shape index (κ3) is 6.70. The molecule has 0 aliphatic rings. The highest BCUT2D eigenvalue weighted by Gasteiger charge is 2.15. The molecule has 0 spiro atoms. The van der Waals surface area contributed by atoms with Gasteiger partial charge in [0.05, 0.1) is 23.1 Å².